The highest BCUT2D eigenvalue weighted by atomic mass is 35.5. The van der Waals surface area contributed by atoms with Crippen molar-refractivity contribution in [3.63, 3.8) is 0 Å². The fourth-order valence-electron chi connectivity index (χ4n) is 2.42. The molecule has 18 heavy (non-hydrogen) atoms. The van der Waals surface area contributed by atoms with Crippen molar-refractivity contribution < 1.29 is 4.74 Å². The highest BCUT2D eigenvalue weighted by Gasteiger charge is 2.41. The Bertz CT molecular complexity index is 481. The van der Waals surface area contributed by atoms with Crippen molar-refractivity contribution in [2.24, 2.45) is 0 Å². The molecule has 1 atom stereocenters. The maximum absolute atomic E-state index is 9.51. The Morgan fingerprint density at radius 3 is 2.72 bits per heavy atom. The lowest BCUT2D eigenvalue weighted by atomic mass is 9.82. The summed E-state index contributed by atoms with van der Waals surface area (Å²) in [5.41, 5.74) is -0.0898. The molecule has 1 aromatic carbocycles. The summed E-state index contributed by atoms with van der Waals surface area (Å²) in [6.45, 7) is 4.59. The summed E-state index contributed by atoms with van der Waals surface area (Å²) >= 11 is 6.13. The molecule has 0 bridgehead atoms. The van der Waals surface area contributed by atoms with E-state index in [2.05, 4.69) is 11.4 Å². The number of anilines is 1. The van der Waals surface area contributed by atoms with Crippen molar-refractivity contribution in [2.45, 2.75) is 37.8 Å². The van der Waals surface area contributed by atoms with Crippen LogP contribution in [0, 0.1) is 11.3 Å². The molecule has 96 valence electrons. The summed E-state index contributed by atoms with van der Waals surface area (Å²) in [4.78, 5) is 0. The number of nitrogens with zero attached hydrogens (tertiary/aromatic N) is 1. The second-order valence-corrected chi connectivity index (χ2v) is 5.74. The van der Waals surface area contributed by atoms with Crippen molar-refractivity contribution in [2.75, 3.05) is 11.9 Å². The maximum Gasteiger partial charge on any atom is 0.130 e. The predicted molar refractivity (Wildman–Crippen MR) is 72.7 cm³/mol. The molecule has 0 saturated carbocycles. The molecular formula is C14H17ClN2O. The van der Waals surface area contributed by atoms with Gasteiger partial charge in [-0.05, 0) is 26.0 Å². The van der Waals surface area contributed by atoms with E-state index in [1.54, 1.807) is 0 Å². The van der Waals surface area contributed by atoms with Crippen molar-refractivity contribution in [3.05, 3.63) is 29.3 Å². The number of nitrogens with one attached hydrogen (secondary N) is 1. The van der Waals surface area contributed by atoms with Crippen LogP contribution in [0.2, 0.25) is 5.02 Å². The van der Waals surface area contributed by atoms with E-state index in [-0.39, 0.29) is 5.60 Å². The molecule has 1 aromatic rings. The van der Waals surface area contributed by atoms with Crippen LogP contribution in [0.3, 0.4) is 0 Å². The zero-order valence-corrected chi connectivity index (χ0v) is 11.4. The normalized spacial score (nSPS) is 26.3. The van der Waals surface area contributed by atoms with E-state index >= 15 is 0 Å². The van der Waals surface area contributed by atoms with Gasteiger partial charge in [0.05, 0.1) is 29.0 Å². The lowest BCUT2D eigenvalue weighted by Crippen LogP contribution is -2.49. The Balaban J connectivity index is 2.24. The number of benzene rings is 1. The number of rotatable bonds is 2. The quantitative estimate of drug-likeness (QED) is 0.888. The van der Waals surface area contributed by atoms with Gasteiger partial charge in [-0.3, -0.25) is 0 Å². The van der Waals surface area contributed by atoms with Gasteiger partial charge in [0.2, 0.25) is 0 Å². The number of hydrogen-bond acceptors (Lipinski definition) is 3. The number of hydrogen-bond donors (Lipinski definition) is 1. The average molecular weight is 265 g/mol. The fraction of sp³-hybridized carbons (Fsp3) is 0.500. The van der Waals surface area contributed by atoms with E-state index in [1.165, 1.54) is 0 Å². The van der Waals surface area contributed by atoms with Crippen LogP contribution in [-0.2, 0) is 4.74 Å². The van der Waals surface area contributed by atoms with Crippen LogP contribution in [0.5, 0.6) is 0 Å². The second kappa shape index (κ2) is 4.79. The monoisotopic (exact) mass is 264 g/mol. The molecule has 1 N–H and O–H groups in total. The van der Waals surface area contributed by atoms with Crippen LogP contribution in [0.25, 0.3) is 0 Å². The maximum atomic E-state index is 9.51. The topological polar surface area (TPSA) is 45.0 Å². The van der Waals surface area contributed by atoms with Crippen LogP contribution in [0.15, 0.2) is 24.3 Å². The number of nitriles is 1. The summed E-state index contributed by atoms with van der Waals surface area (Å²) in [6, 6.07) is 9.89. The fourth-order valence-corrected chi connectivity index (χ4v) is 2.60. The molecule has 3 nitrogen and oxygen atoms in total. The van der Waals surface area contributed by atoms with Gasteiger partial charge in [0, 0.05) is 12.8 Å². The molecule has 1 fully saturated rings. The van der Waals surface area contributed by atoms with Gasteiger partial charge in [-0.1, -0.05) is 23.7 Å². The standard InChI is InChI=1S/C14H17ClN2O/c1-13(2)9-14(10-16,7-8-18-13)17-12-6-4-3-5-11(12)15/h3-6,17H,7-9H2,1-2H3. The van der Waals surface area contributed by atoms with E-state index < -0.39 is 5.54 Å². The van der Waals surface area contributed by atoms with Gasteiger partial charge < -0.3 is 10.1 Å². The molecule has 1 saturated heterocycles. The van der Waals surface area contributed by atoms with E-state index in [9.17, 15) is 5.26 Å². The van der Waals surface area contributed by atoms with Crippen molar-refractivity contribution in [3.8, 4) is 6.07 Å². The Hall–Kier alpha value is -1.24. The second-order valence-electron chi connectivity index (χ2n) is 5.33. The van der Waals surface area contributed by atoms with Crippen LogP contribution >= 0.6 is 11.6 Å². The molecule has 4 heteroatoms. The molecule has 1 aliphatic rings. The number of para-hydroxylation sites is 1. The molecule has 1 heterocycles. The highest BCUT2D eigenvalue weighted by molar-refractivity contribution is 6.33. The Kier molecular flexibility index (Phi) is 3.52. The van der Waals surface area contributed by atoms with E-state index in [0.29, 0.717) is 24.5 Å². The van der Waals surface area contributed by atoms with E-state index in [1.807, 2.05) is 38.1 Å². The Labute approximate surface area is 113 Å². The summed E-state index contributed by atoms with van der Waals surface area (Å²) in [5, 5.41) is 13.4. The molecule has 1 unspecified atom stereocenters. The molecule has 0 radical (unpaired) electrons. The SMILES string of the molecule is CC1(C)CC(C#N)(Nc2ccccc2Cl)CCO1. The molecule has 0 amide bonds. The molecule has 1 aliphatic heterocycles. The van der Waals surface area contributed by atoms with Gasteiger partial charge in [0.1, 0.15) is 5.54 Å². The Morgan fingerprint density at radius 2 is 2.11 bits per heavy atom. The van der Waals surface area contributed by atoms with E-state index in [4.69, 9.17) is 16.3 Å². The van der Waals surface area contributed by atoms with Gasteiger partial charge in [0.25, 0.3) is 0 Å². The minimum atomic E-state index is -0.604. The smallest absolute Gasteiger partial charge is 0.130 e. The largest absolute Gasteiger partial charge is 0.375 e. The van der Waals surface area contributed by atoms with Crippen molar-refractivity contribution in [1.29, 1.82) is 5.26 Å². The van der Waals surface area contributed by atoms with Crippen molar-refractivity contribution >= 4 is 17.3 Å². The van der Waals surface area contributed by atoms with Gasteiger partial charge >= 0.3 is 0 Å². The molecule has 0 aromatic heterocycles. The molecular weight excluding hydrogens is 248 g/mol. The first-order chi connectivity index (χ1) is 8.46. The first-order valence-electron chi connectivity index (χ1n) is 6.04. The van der Waals surface area contributed by atoms with Gasteiger partial charge in [0.15, 0.2) is 0 Å². The summed E-state index contributed by atoms with van der Waals surface area (Å²) in [6.07, 6.45) is 1.31. The summed E-state index contributed by atoms with van der Waals surface area (Å²) in [7, 11) is 0. The van der Waals surface area contributed by atoms with Crippen LogP contribution in [0.4, 0.5) is 5.69 Å². The Morgan fingerprint density at radius 1 is 1.39 bits per heavy atom. The predicted octanol–water partition coefficient (Wildman–Crippen LogP) is 3.60. The minimum Gasteiger partial charge on any atom is -0.375 e. The lowest BCUT2D eigenvalue weighted by Gasteiger charge is -2.41. The zero-order chi connectivity index (χ0) is 13.2. The van der Waals surface area contributed by atoms with Gasteiger partial charge in [-0.15, -0.1) is 0 Å². The first kappa shape index (κ1) is 13.2. The van der Waals surface area contributed by atoms with Gasteiger partial charge in [-0.25, -0.2) is 0 Å². The van der Waals surface area contributed by atoms with Crippen LogP contribution in [-0.4, -0.2) is 17.7 Å². The third kappa shape index (κ3) is 2.77. The lowest BCUT2D eigenvalue weighted by molar-refractivity contribution is -0.0659. The summed E-state index contributed by atoms with van der Waals surface area (Å²) in [5.74, 6) is 0. The highest BCUT2D eigenvalue weighted by Crippen LogP contribution is 2.35. The molecule has 0 spiro atoms. The summed E-state index contributed by atoms with van der Waals surface area (Å²) < 4.78 is 5.67. The van der Waals surface area contributed by atoms with Crippen LogP contribution in [0.1, 0.15) is 26.7 Å². The average Bonchev–Trinajstić information content (AvgIpc) is 2.31. The molecule has 0 aliphatic carbocycles. The third-order valence-corrected chi connectivity index (χ3v) is 3.54. The van der Waals surface area contributed by atoms with E-state index in [0.717, 1.165) is 5.69 Å². The van der Waals surface area contributed by atoms with Crippen molar-refractivity contribution in [1.82, 2.24) is 0 Å². The van der Waals surface area contributed by atoms with Crippen LogP contribution < -0.4 is 5.32 Å². The zero-order valence-electron chi connectivity index (χ0n) is 10.7. The van der Waals surface area contributed by atoms with Gasteiger partial charge in [-0.2, -0.15) is 5.26 Å². The number of halogens is 1. The minimum absolute atomic E-state index is 0.289. The first-order valence-corrected chi connectivity index (χ1v) is 6.42. The number of ether oxygens (including phenoxy) is 1. The third-order valence-electron chi connectivity index (χ3n) is 3.21. The molecule has 2 rings (SSSR count).